The second-order valence-corrected chi connectivity index (χ2v) is 6.01. The number of rotatable bonds is 8. The van der Waals surface area contributed by atoms with Gasteiger partial charge in [-0.3, -0.25) is 9.59 Å². The Morgan fingerprint density at radius 3 is 2.61 bits per heavy atom. The molecule has 0 saturated carbocycles. The first kappa shape index (κ1) is 19.5. The van der Waals surface area contributed by atoms with Crippen LogP contribution in [0.25, 0.3) is 10.8 Å². The first-order valence-corrected chi connectivity index (χ1v) is 8.72. The summed E-state index contributed by atoms with van der Waals surface area (Å²) in [6.45, 7) is 0.417. The second-order valence-electron chi connectivity index (χ2n) is 6.01. The molecule has 3 rings (SSSR count). The predicted molar refractivity (Wildman–Crippen MR) is 102 cm³/mol. The Balaban J connectivity index is 1.72. The van der Waals surface area contributed by atoms with Gasteiger partial charge in [0.1, 0.15) is 0 Å². The number of methoxy groups -OCH3 is 1. The third kappa shape index (κ3) is 4.52. The van der Waals surface area contributed by atoms with E-state index >= 15 is 0 Å². The molecule has 0 aliphatic rings. The molecule has 0 bridgehead atoms. The fourth-order valence-corrected chi connectivity index (χ4v) is 2.70. The van der Waals surface area contributed by atoms with Crippen LogP contribution >= 0.6 is 0 Å². The van der Waals surface area contributed by atoms with Gasteiger partial charge in [-0.25, -0.2) is 9.07 Å². The monoisotopic (exact) mass is 385 g/mol. The summed E-state index contributed by atoms with van der Waals surface area (Å²) in [6, 6.07) is 12.9. The van der Waals surface area contributed by atoms with Crippen molar-refractivity contribution in [3.63, 3.8) is 0 Å². The number of hydrogen-bond acceptors (Lipinski definition) is 5. The highest BCUT2D eigenvalue weighted by atomic mass is 19.1. The van der Waals surface area contributed by atoms with Crippen molar-refractivity contribution in [2.75, 3.05) is 20.3 Å². The summed E-state index contributed by atoms with van der Waals surface area (Å²) in [5.74, 6) is -0.953. The molecule has 1 aromatic heterocycles. The fraction of sp³-hybridized carbons (Fsp3) is 0.250. The lowest BCUT2D eigenvalue weighted by molar-refractivity contribution is -0.123. The lowest BCUT2D eigenvalue weighted by Crippen LogP contribution is -2.31. The number of nitrogens with zero attached hydrogens (tertiary/aromatic N) is 2. The summed E-state index contributed by atoms with van der Waals surface area (Å²) < 4.78 is 25.1. The van der Waals surface area contributed by atoms with E-state index in [1.807, 2.05) is 0 Å². The van der Waals surface area contributed by atoms with E-state index < -0.39 is 11.7 Å². The van der Waals surface area contributed by atoms with E-state index in [2.05, 4.69) is 10.4 Å². The van der Waals surface area contributed by atoms with Crippen LogP contribution in [-0.2, 0) is 22.6 Å². The summed E-state index contributed by atoms with van der Waals surface area (Å²) >= 11 is 0. The Labute approximate surface area is 160 Å². The molecule has 146 valence electrons. The first-order valence-electron chi connectivity index (χ1n) is 8.72. The largest absolute Gasteiger partial charge is 0.481 e. The highest BCUT2D eigenvalue weighted by Crippen LogP contribution is 2.15. The smallest absolute Gasteiger partial charge is 0.274 e. The molecule has 2 aromatic carbocycles. The van der Waals surface area contributed by atoms with Crippen LogP contribution < -0.4 is 15.6 Å². The Morgan fingerprint density at radius 2 is 1.86 bits per heavy atom. The molecule has 1 heterocycles. The average molecular weight is 385 g/mol. The lowest BCUT2D eigenvalue weighted by Gasteiger charge is -2.12. The Kier molecular flexibility index (Phi) is 6.33. The Morgan fingerprint density at radius 1 is 1.14 bits per heavy atom. The molecule has 0 aliphatic carbocycles. The molecule has 0 saturated heterocycles. The van der Waals surface area contributed by atoms with Crippen LogP contribution in [0.2, 0.25) is 0 Å². The van der Waals surface area contributed by atoms with Gasteiger partial charge in [0.2, 0.25) is 0 Å². The summed E-state index contributed by atoms with van der Waals surface area (Å²) in [7, 11) is 1.54. The summed E-state index contributed by atoms with van der Waals surface area (Å²) in [4.78, 5) is 24.6. The fourth-order valence-electron chi connectivity index (χ4n) is 2.70. The van der Waals surface area contributed by atoms with E-state index in [1.165, 1.54) is 22.9 Å². The number of halogens is 1. The molecule has 28 heavy (non-hydrogen) atoms. The van der Waals surface area contributed by atoms with Gasteiger partial charge >= 0.3 is 0 Å². The molecule has 0 unspecified atom stereocenters. The molecule has 0 aliphatic heterocycles. The minimum atomic E-state index is -0.534. The highest BCUT2D eigenvalue weighted by molar-refractivity contribution is 5.84. The summed E-state index contributed by atoms with van der Waals surface area (Å²) in [6.07, 6.45) is 0. The SMILES string of the molecule is COCCn1nc(CNC(=O)COc2ccccc2F)c2ccccc2c1=O. The second kappa shape index (κ2) is 9.09. The third-order valence-corrected chi connectivity index (χ3v) is 4.10. The summed E-state index contributed by atoms with van der Waals surface area (Å²) in [5, 5.41) is 8.22. The van der Waals surface area contributed by atoms with Crippen LogP contribution in [0.15, 0.2) is 53.3 Å². The van der Waals surface area contributed by atoms with Gasteiger partial charge in [-0.15, -0.1) is 0 Å². The molecular weight excluding hydrogens is 365 g/mol. The number of benzene rings is 2. The Bertz CT molecular complexity index is 1040. The maximum atomic E-state index is 13.5. The topological polar surface area (TPSA) is 82.4 Å². The molecule has 1 amide bonds. The number of hydrogen-bond donors (Lipinski definition) is 1. The molecule has 3 aromatic rings. The number of aromatic nitrogens is 2. The van der Waals surface area contributed by atoms with Crippen molar-refractivity contribution in [3.8, 4) is 5.75 Å². The summed E-state index contributed by atoms with van der Waals surface area (Å²) in [5.41, 5.74) is 0.330. The maximum Gasteiger partial charge on any atom is 0.274 e. The van der Waals surface area contributed by atoms with Crippen LogP contribution in [0, 0.1) is 5.82 Å². The molecule has 8 heteroatoms. The van der Waals surface area contributed by atoms with E-state index in [1.54, 1.807) is 37.4 Å². The normalized spacial score (nSPS) is 10.8. The zero-order valence-electron chi connectivity index (χ0n) is 15.4. The van der Waals surface area contributed by atoms with Crippen molar-refractivity contribution in [2.24, 2.45) is 0 Å². The van der Waals surface area contributed by atoms with Gasteiger partial charge in [-0.1, -0.05) is 30.3 Å². The highest BCUT2D eigenvalue weighted by Gasteiger charge is 2.12. The lowest BCUT2D eigenvalue weighted by atomic mass is 10.1. The molecule has 0 atom stereocenters. The van der Waals surface area contributed by atoms with Gasteiger partial charge in [0.15, 0.2) is 18.2 Å². The van der Waals surface area contributed by atoms with Gasteiger partial charge in [0, 0.05) is 12.5 Å². The molecule has 0 spiro atoms. The Hall–Kier alpha value is -3.26. The number of fused-ring (bicyclic) bond motifs is 1. The molecule has 1 N–H and O–H groups in total. The third-order valence-electron chi connectivity index (χ3n) is 4.10. The van der Waals surface area contributed by atoms with Gasteiger partial charge in [-0.2, -0.15) is 5.10 Å². The molecule has 0 fully saturated rings. The molecular formula is C20H20FN3O4. The van der Waals surface area contributed by atoms with Crippen molar-refractivity contribution < 1.29 is 18.7 Å². The van der Waals surface area contributed by atoms with Crippen molar-refractivity contribution in [2.45, 2.75) is 13.1 Å². The average Bonchev–Trinajstić information content (AvgIpc) is 2.72. The van der Waals surface area contributed by atoms with E-state index in [0.717, 1.165) is 0 Å². The number of carbonyl (C=O) groups excluding carboxylic acids is 1. The van der Waals surface area contributed by atoms with E-state index in [9.17, 15) is 14.0 Å². The van der Waals surface area contributed by atoms with Gasteiger partial charge in [-0.05, 0) is 18.2 Å². The van der Waals surface area contributed by atoms with Gasteiger partial charge in [0.05, 0.1) is 30.8 Å². The van der Waals surface area contributed by atoms with Crippen molar-refractivity contribution in [1.82, 2.24) is 15.1 Å². The number of amides is 1. The number of para-hydroxylation sites is 1. The minimum absolute atomic E-state index is 0.00865. The van der Waals surface area contributed by atoms with E-state index in [-0.39, 0.29) is 24.5 Å². The van der Waals surface area contributed by atoms with Crippen LogP contribution in [0.4, 0.5) is 4.39 Å². The van der Waals surface area contributed by atoms with Gasteiger partial charge in [0.25, 0.3) is 11.5 Å². The first-order chi connectivity index (χ1) is 13.6. The van der Waals surface area contributed by atoms with Crippen LogP contribution in [-0.4, -0.2) is 36.0 Å². The minimum Gasteiger partial charge on any atom is -0.481 e. The van der Waals surface area contributed by atoms with Crippen molar-refractivity contribution in [1.29, 1.82) is 0 Å². The predicted octanol–water partition coefficient (Wildman–Crippen LogP) is 1.88. The van der Waals surface area contributed by atoms with Crippen LogP contribution in [0.3, 0.4) is 0 Å². The quantitative estimate of drug-likeness (QED) is 0.640. The molecule has 7 nitrogen and oxygen atoms in total. The van der Waals surface area contributed by atoms with E-state index in [4.69, 9.17) is 9.47 Å². The zero-order chi connectivity index (χ0) is 19.9. The standard InChI is InChI=1S/C20H20FN3O4/c1-27-11-10-24-20(26)15-7-3-2-6-14(15)17(23-24)12-22-19(25)13-28-18-9-5-4-8-16(18)21/h2-9H,10-13H2,1H3,(H,22,25). The van der Waals surface area contributed by atoms with Crippen LogP contribution in [0.1, 0.15) is 5.69 Å². The zero-order valence-corrected chi connectivity index (χ0v) is 15.4. The van der Waals surface area contributed by atoms with Crippen molar-refractivity contribution >= 4 is 16.7 Å². The number of ether oxygens (including phenoxy) is 2. The molecule has 0 radical (unpaired) electrons. The number of carbonyl (C=O) groups is 1. The van der Waals surface area contributed by atoms with Crippen molar-refractivity contribution in [3.05, 3.63) is 70.4 Å². The maximum absolute atomic E-state index is 13.5. The van der Waals surface area contributed by atoms with Crippen LogP contribution in [0.5, 0.6) is 5.75 Å². The van der Waals surface area contributed by atoms with E-state index in [0.29, 0.717) is 29.6 Å². The van der Waals surface area contributed by atoms with Gasteiger partial charge < -0.3 is 14.8 Å². The number of nitrogens with one attached hydrogen (secondary N) is 1.